The third-order valence-corrected chi connectivity index (χ3v) is 3.36. The maximum atomic E-state index is 4.43. The van der Waals surface area contributed by atoms with Crippen LogP contribution in [0.15, 0.2) is 17.1 Å². The van der Waals surface area contributed by atoms with Gasteiger partial charge in [-0.1, -0.05) is 26.8 Å². The number of rotatable bonds is 2. The van der Waals surface area contributed by atoms with E-state index < -0.39 is 0 Å². The Kier molecular flexibility index (Phi) is 3.75. The highest BCUT2D eigenvalue weighted by atomic mass is 127. The second-order valence-electron chi connectivity index (χ2n) is 3.79. The van der Waals surface area contributed by atoms with Crippen LogP contribution in [0.3, 0.4) is 0 Å². The first kappa shape index (κ1) is 10.2. The van der Waals surface area contributed by atoms with Gasteiger partial charge in [0.05, 0.1) is 3.72 Å². The van der Waals surface area contributed by atoms with Gasteiger partial charge < -0.3 is 0 Å². The average Bonchev–Trinajstić information content (AvgIpc) is 2.04. The monoisotopic (exact) mass is 277 g/mol. The first-order valence-corrected chi connectivity index (χ1v) is 5.57. The summed E-state index contributed by atoms with van der Waals surface area (Å²) in [5.74, 6) is 2.16. The Morgan fingerprint density at radius 2 is 2.17 bits per heavy atom. The summed E-state index contributed by atoms with van der Waals surface area (Å²) in [5.41, 5.74) is 0. The Morgan fingerprint density at radius 3 is 2.58 bits per heavy atom. The number of hydrogen-bond donors (Lipinski definition) is 0. The predicted octanol–water partition coefficient (Wildman–Crippen LogP) is 3.30. The van der Waals surface area contributed by atoms with E-state index in [1.54, 1.807) is 0 Å². The highest BCUT2D eigenvalue weighted by molar-refractivity contribution is 14.1. The second-order valence-corrected chi connectivity index (χ2v) is 4.89. The molecule has 0 N–H and O–H groups in total. The van der Waals surface area contributed by atoms with Gasteiger partial charge in [0.1, 0.15) is 0 Å². The van der Waals surface area contributed by atoms with Crippen molar-refractivity contribution in [3.05, 3.63) is 12.2 Å². The Hall–Kier alpha value is 0.140. The molecule has 2 unspecified atom stereocenters. The van der Waals surface area contributed by atoms with E-state index in [0.717, 1.165) is 22.1 Å². The van der Waals surface area contributed by atoms with Crippen LogP contribution in [0.5, 0.6) is 0 Å². The minimum absolute atomic E-state index is 0.656. The fraction of sp³-hybridized carbons (Fsp3) is 0.700. The zero-order chi connectivity index (χ0) is 9.14. The molecular weight excluding hydrogens is 261 g/mol. The molecule has 0 fully saturated rings. The van der Waals surface area contributed by atoms with Crippen LogP contribution >= 0.6 is 22.6 Å². The number of aliphatic imine (C=N–C) groups is 1. The first-order valence-electron chi connectivity index (χ1n) is 4.49. The number of dihydropyridines is 1. The Balaban J connectivity index is 2.53. The molecule has 0 bridgehead atoms. The molecule has 12 heavy (non-hydrogen) atoms. The molecule has 0 saturated heterocycles. The van der Waals surface area contributed by atoms with Gasteiger partial charge in [-0.05, 0) is 46.4 Å². The van der Waals surface area contributed by atoms with Crippen LogP contribution in [-0.2, 0) is 0 Å². The summed E-state index contributed by atoms with van der Waals surface area (Å²) in [6.07, 6.45) is 4.44. The molecule has 0 saturated carbocycles. The fourth-order valence-electron chi connectivity index (χ4n) is 1.35. The van der Waals surface area contributed by atoms with Crippen LogP contribution in [0.4, 0.5) is 0 Å². The lowest BCUT2D eigenvalue weighted by atomic mass is 9.84. The van der Waals surface area contributed by atoms with Crippen molar-refractivity contribution < 1.29 is 0 Å². The second kappa shape index (κ2) is 4.40. The molecule has 0 radical (unpaired) electrons. The maximum Gasteiger partial charge on any atom is 0.0951 e. The standard InChI is InChI=1S/C10H16IN/c1-7(2)8(3)9-4-5-10(11)12-6-9/h4-5,7-9H,6H2,1-3H3. The van der Waals surface area contributed by atoms with E-state index in [4.69, 9.17) is 0 Å². The number of nitrogens with zero attached hydrogens (tertiary/aromatic N) is 1. The zero-order valence-corrected chi connectivity index (χ0v) is 10.1. The molecule has 1 nitrogen and oxygen atoms in total. The summed E-state index contributed by atoms with van der Waals surface area (Å²) < 4.78 is 1.14. The van der Waals surface area contributed by atoms with Crippen molar-refractivity contribution in [1.29, 1.82) is 0 Å². The van der Waals surface area contributed by atoms with E-state index in [0.29, 0.717) is 5.92 Å². The Morgan fingerprint density at radius 1 is 1.50 bits per heavy atom. The van der Waals surface area contributed by atoms with Crippen molar-refractivity contribution in [2.24, 2.45) is 22.7 Å². The van der Waals surface area contributed by atoms with E-state index in [2.05, 4.69) is 60.5 Å². The van der Waals surface area contributed by atoms with Gasteiger partial charge in [0, 0.05) is 6.54 Å². The molecule has 1 heterocycles. The van der Waals surface area contributed by atoms with Crippen molar-refractivity contribution in [2.45, 2.75) is 20.8 Å². The molecule has 0 aromatic heterocycles. The van der Waals surface area contributed by atoms with Crippen LogP contribution in [0.25, 0.3) is 0 Å². The fourth-order valence-corrected chi connectivity index (χ4v) is 1.75. The third kappa shape index (κ3) is 2.57. The molecule has 0 aromatic carbocycles. The number of halogens is 1. The lowest BCUT2D eigenvalue weighted by molar-refractivity contribution is 0.329. The Labute approximate surface area is 88.5 Å². The number of hydrogen-bond acceptors (Lipinski definition) is 1. The molecular formula is C10H16IN. The van der Waals surface area contributed by atoms with E-state index >= 15 is 0 Å². The molecule has 1 rings (SSSR count). The summed E-state index contributed by atoms with van der Waals surface area (Å²) in [7, 11) is 0. The maximum absolute atomic E-state index is 4.43. The molecule has 0 spiro atoms. The van der Waals surface area contributed by atoms with Gasteiger partial charge >= 0.3 is 0 Å². The van der Waals surface area contributed by atoms with Gasteiger partial charge in [-0.2, -0.15) is 0 Å². The van der Waals surface area contributed by atoms with Crippen LogP contribution in [0.1, 0.15) is 20.8 Å². The first-order chi connectivity index (χ1) is 5.61. The van der Waals surface area contributed by atoms with Gasteiger partial charge in [0.2, 0.25) is 0 Å². The van der Waals surface area contributed by atoms with Crippen molar-refractivity contribution >= 4 is 26.3 Å². The SMILES string of the molecule is CC(C)C(C)C1C=CC(I)=NC1. The van der Waals surface area contributed by atoms with Gasteiger partial charge in [-0.3, -0.25) is 4.99 Å². The van der Waals surface area contributed by atoms with Crippen molar-refractivity contribution in [1.82, 2.24) is 0 Å². The highest BCUT2D eigenvalue weighted by Crippen LogP contribution is 2.24. The van der Waals surface area contributed by atoms with E-state index in [1.807, 2.05) is 0 Å². The van der Waals surface area contributed by atoms with E-state index in [9.17, 15) is 0 Å². The minimum Gasteiger partial charge on any atom is -0.278 e. The van der Waals surface area contributed by atoms with Crippen LogP contribution in [-0.4, -0.2) is 10.3 Å². The summed E-state index contributed by atoms with van der Waals surface area (Å²) in [4.78, 5) is 4.43. The summed E-state index contributed by atoms with van der Waals surface area (Å²) >= 11 is 2.27. The molecule has 0 aliphatic carbocycles. The lowest BCUT2D eigenvalue weighted by Crippen LogP contribution is -2.20. The molecule has 0 amide bonds. The van der Waals surface area contributed by atoms with E-state index in [-0.39, 0.29) is 0 Å². The van der Waals surface area contributed by atoms with Crippen LogP contribution in [0.2, 0.25) is 0 Å². The highest BCUT2D eigenvalue weighted by Gasteiger charge is 2.18. The average molecular weight is 277 g/mol. The van der Waals surface area contributed by atoms with Crippen LogP contribution < -0.4 is 0 Å². The normalized spacial score (nSPS) is 25.8. The largest absolute Gasteiger partial charge is 0.278 e. The van der Waals surface area contributed by atoms with E-state index in [1.165, 1.54) is 0 Å². The molecule has 2 heteroatoms. The molecule has 2 atom stereocenters. The van der Waals surface area contributed by atoms with Gasteiger partial charge in [0.25, 0.3) is 0 Å². The minimum atomic E-state index is 0.656. The van der Waals surface area contributed by atoms with Crippen molar-refractivity contribution in [3.8, 4) is 0 Å². The van der Waals surface area contributed by atoms with Crippen molar-refractivity contribution in [2.75, 3.05) is 6.54 Å². The van der Waals surface area contributed by atoms with Gasteiger partial charge in [-0.25, -0.2) is 0 Å². The predicted molar refractivity (Wildman–Crippen MR) is 63.0 cm³/mol. The molecule has 1 aliphatic heterocycles. The number of allylic oxidation sites excluding steroid dienone is 1. The zero-order valence-electron chi connectivity index (χ0n) is 7.92. The summed E-state index contributed by atoms with van der Waals surface area (Å²) in [6.45, 7) is 7.85. The summed E-state index contributed by atoms with van der Waals surface area (Å²) in [6, 6.07) is 0. The van der Waals surface area contributed by atoms with Gasteiger partial charge in [0.15, 0.2) is 0 Å². The lowest BCUT2D eigenvalue weighted by Gasteiger charge is -2.24. The van der Waals surface area contributed by atoms with Crippen molar-refractivity contribution in [3.63, 3.8) is 0 Å². The third-order valence-electron chi connectivity index (χ3n) is 2.66. The molecule has 0 aromatic rings. The smallest absolute Gasteiger partial charge is 0.0951 e. The van der Waals surface area contributed by atoms with Crippen LogP contribution in [0, 0.1) is 17.8 Å². The Bertz CT molecular complexity index is 206. The van der Waals surface area contributed by atoms with Gasteiger partial charge in [-0.15, -0.1) is 0 Å². The molecule has 68 valence electrons. The summed E-state index contributed by atoms with van der Waals surface area (Å²) in [5, 5.41) is 0. The topological polar surface area (TPSA) is 12.4 Å². The molecule has 1 aliphatic rings. The quantitative estimate of drug-likeness (QED) is 0.687.